The molecule has 0 atom stereocenters. The van der Waals surface area contributed by atoms with Gasteiger partial charge in [-0.3, -0.25) is 25.0 Å². The summed E-state index contributed by atoms with van der Waals surface area (Å²) in [6.45, 7) is 0.0623. The molecule has 0 spiro atoms. The van der Waals surface area contributed by atoms with Gasteiger partial charge in [0.1, 0.15) is 23.7 Å². The Hall–Kier alpha value is -5.38. The van der Waals surface area contributed by atoms with Crippen LogP contribution in [-0.2, 0) is 16.2 Å². The maximum Gasteiger partial charge on any atom is 0.335 e. The van der Waals surface area contributed by atoms with Crippen molar-refractivity contribution in [1.29, 1.82) is 0 Å². The average Bonchev–Trinajstić information content (AvgIpc) is 2.91. The molecule has 1 N–H and O–H groups in total. The van der Waals surface area contributed by atoms with Crippen molar-refractivity contribution < 1.29 is 28.4 Å². The van der Waals surface area contributed by atoms with E-state index in [4.69, 9.17) is 4.74 Å². The molecule has 4 aromatic carbocycles. The highest BCUT2D eigenvalue weighted by Gasteiger charge is 2.37. The van der Waals surface area contributed by atoms with Crippen LogP contribution in [-0.4, -0.2) is 22.8 Å². The number of rotatable bonds is 6. The minimum Gasteiger partial charge on any atom is -0.488 e. The summed E-state index contributed by atoms with van der Waals surface area (Å²) in [7, 11) is 0. The fraction of sp³-hybridized carbons (Fsp3) is 0.0357. The number of amides is 4. The summed E-state index contributed by atoms with van der Waals surface area (Å²) >= 11 is 0. The molecule has 1 aliphatic heterocycles. The monoisotopic (exact) mass is 511 g/mol. The molecule has 0 aliphatic carbocycles. The number of anilines is 1. The molecule has 38 heavy (non-hydrogen) atoms. The molecule has 1 heterocycles. The smallest absolute Gasteiger partial charge is 0.335 e. The fourth-order valence-corrected chi connectivity index (χ4v) is 4.05. The largest absolute Gasteiger partial charge is 0.488 e. The SMILES string of the molecule is O=C1NC(=O)N(c2ccc(F)cc2)C(=O)/C1=C/c1c(OCc2ccc([N+](=O)[O-])cc2)ccc2ccccc12. The third-order valence-electron chi connectivity index (χ3n) is 5.95. The van der Waals surface area contributed by atoms with Crippen molar-refractivity contribution >= 4 is 46.1 Å². The summed E-state index contributed by atoms with van der Waals surface area (Å²) in [5, 5.41) is 14.6. The molecule has 9 nitrogen and oxygen atoms in total. The number of non-ortho nitro benzene ring substituents is 1. The van der Waals surface area contributed by atoms with Gasteiger partial charge in [0.2, 0.25) is 0 Å². The molecule has 0 aromatic heterocycles. The van der Waals surface area contributed by atoms with E-state index in [-0.39, 0.29) is 23.6 Å². The zero-order valence-electron chi connectivity index (χ0n) is 19.6. The van der Waals surface area contributed by atoms with Gasteiger partial charge in [0.15, 0.2) is 0 Å². The lowest BCUT2D eigenvalue weighted by Gasteiger charge is -2.26. The summed E-state index contributed by atoms with van der Waals surface area (Å²) in [6, 6.07) is 20.5. The maximum absolute atomic E-state index is 13.4. The Morgan fingerprint density at radius 1 is 0.921 bits per heavy atom. The van der Waals surface area contributed by atoms with Gasteiger partial charge in [-0.15, -0.1) is 0 Å². The van der Waals surface area contributed by atoms with Crippen LogP contribution in [0.4, 0.5) is 20.6 Å². The van der Waals surface area contributed by atoms with E-state index < -0.39 is 28.6 Å². The fourth-order valence-electron chi connectivity index (χ4n) is 4.05. The second kappa shape index (κ2) is 9.94. The molecule has 0 unspecified atom stereocenters. The number of hydrogen-bond donors (Lipinski definition) is 1. The molecular formula is C28H18FN3O6. The number of nitro benzene ring substituents is 1. The number of carbonyl (C=O) groups excluding carboxylic acids is 3. The van der Waals surface area contributed by atoms with Crippen LogP contribution in [0, 0.1) is 15.9 Å². The van der Waals surface area contributed by atoms with E-state index in [2.05, 4.69) is 5.32 Å². The number of urea groups is 1. The van der Waals surface area contributed by atoms with Crippen LogP contribution < -0.4 is 15.0 Å². The Bertz CT molecular complexity index is 1630. The van der Waals surface area contributed by atoms with E-state index in [9.17, 15) is 28.9 Å². The number of nitro groups is 1. The van der Waals surface area contributed by atoms with Crippen molar-refractivity contribution in [3.05, 3.63) is 118 Å². The van der Waals surface area contributed by atoms with E-state index >= 15 is 0 Å². The molecule has 1 fully saturated rings. The second-order valence-electron chi connectivity index (χ2n) is 8.35. The lowest BCUT2D eigenvalue weighted by atomic mass is 9.99. The van der Waals surface area contributed by atoms with Crippen LogP contribution in [0.15, 0.2) is 90.5 Å². The maximum atomic E-state index is 13.4. The molecule has 5 rings (SSSR count). The van der Waals surface area contributed by atoms with Gasteiger partial charge >= 0.3 is 6.03 Å². The minimum absolute atomic E-state index is 0.0491. The third-order valence-corrected chi connectivity index (χ3v) is 5.95. The summed E-state index contributed by atoms with van der Waals surface area (Å²) < 4.78 is 19.4. The summed E-state index contributed by atoms with van der Waals surface area (Å²) in [5.41, 5.74) is 0.830. The van der Waals surface area contributed by atoms with Crippen molar-refractivity contribution in [3.63, 3.8) is 0 Å². The molecule has 1 aliphatic rings. The molecule has 1 saturated heterocycles. The Kier molecular flexibility index (Phi) is 6.36. The van der Waals surface area contributed by atoms with Crippen LogP contribution >= 0.6 is 0 Å². The number of benzene rings is 4. The van der Waals surface area contributed by atoms with E-state index in [1.807, 2.05) is 18.2 Å². The summed E-state index contributed by atoms with van der Waals surface area (Å²) in [6.07, 6.45) is 1.36. The van der Waals surface area contributed by atoms with Crippen LogP contribution in [0.5, 0.6) is 5.75 Å². The first kappa shape index (κ1) is 24.3. The van der Waals surface area contributed by atoms with E-state index in [1.54, 1.807) is 30.3 Å². The quantitative estimate of drug-likeness (QED) is 0.166. The first-order chi connectivity index (χ1) is 18.3. The van der Waals surface area contributed by atoms with Gasteiger partial charge in [-0.1, -0.05) is 30.3 Å². The lowest BCUT2D eigenvalue weighted by Crippen LogP contribution is -2.54. The Morgan fingerprint density at radius 2 is 1.63 bits per heavy atom. The predicted octanol–water partition coefficient (Wildman–Crippen LogP) is 5.13. The van der Waals surface area contributed by atoms with Crippen molar-refractivity contribution in [2.24, 2.45) is 0 Å². The van der Waals surface area contributed by atoms with Crippen molar-refractivity contribution in [3.8, 4) is 5.75 Å². The summed E-state index contributed by atoms with van der Waals surface area (Å²) in [4.78, 5) is 49.8. The predicted molar refractivity (Wildman–Crippen MR) is 137 cm³/mol. The number of barbiturate groups is 1. The topological polar surface area (TPSA) is 119 Å². The van der Waals surface area contributed by atoms with Gasteiger partial charge in [-0.05, 0) is 64.9 Å². The highest BCUT2D eigenvalue weighted by Crippen LogP contribution is 2.32. The Labute approximate surface area is 214 Å². The lowest BCUT2D eigenvalue weighted by molar-refractivity contribution is -0.384. The van der Waals surface area contributed by atoms with Crippen molar-refractivity contribution in [1.82, 2.24) is 5.32 Å². The van der Waals surface area contributed by atoms with Gasteiger partial charge < -0.3 is 4.74 Å². The number of ether oxygens (including phenoxy) is 1. The molecule has 0 radical (unpaired) electrons. The molecule has 4 aromatic rings. The third kappa shape index (κ3) is 4.70. The first-order valence-electron chi connectivity index (χ1n) is 11.4. The number of halogens is 1. The average molecular weight is 511 g/mol. The number of nitrogens with one attached hydrogen (secondary N) is 1. The zero-order chi connectivity index (χ0) is 26.8. The number of carbonyl (C=O) groups is 3. The van der Waals surface area contributed by atoms with E-state index in [1.165, 1.54) is 30.3 Å². The summed E-state index contributed by atoms with van der Waals surface area (Å²) in [5.74, 6) is -1.95. The van der Waals surface area contributed by atoms with Gasteiger partial charge in [0.05, 0.1) is 10.6 Å². The van der Waals surface area contributed by atoms with Crippen LogP contribution in [0.25, 0.3) is 16.8 Å². The van der Waals surface area contributed by atoms with Crippen molar-refractivity contribution in [2.75, 3.05) is 4.90 Å². The van der Waals surface area contributed by atoms with E-state index in [0.29, 0.717) is 22.3 Å². The molecule has 10 heteroatoms. The van der Waals surface area contributed by atoms with Gasteiger partial charge in [-0.25, -0.2) is 14.1 Å². The number of fused-ring (bicyclic) bond motifs is 1. The van der Waals surface area contributed by atoms with E-state index in [0.717, 1.165) is 22.4 Å². The minimum atomic E-state index is -0.948. The molecular weight excluding hydrogens is 493 g/mol. The highest BCUT2D eigenvalue weighted by atomic mass is 19.1. The Morgan fingerprint density at radius 3 is 2.34 bits per heavy atom. The Balaban J connectivity index is 1.54. The number of hydrogen-bond acceptors (Lipinski definition) is 6. The zero-order valence-corrected chi connectivity index (χ0v) is 19.6. The number of nitrogens with zero attached hydrogens (tertiary/aromatic N) is 2. The normalized spacial score (nSPS) is 14.6. The standard InChI is InChI=1S/C28H18FN3O6/c29-19-8-12-20(13-9-19)31-27(34)24(26(33)30-28(31)35)15-23-22-4-2-1-3-18(22)7-14-25(23)38-16-17-5-10-21(11-6-17)32(36)37/h1-15H,16H2,(H,30,33,35)/b24-15+. The second-order valence-corrected chi connectivity index (χ2v) is 8.35. The first-order valence-corrected chi connectivity index (χ1v) is 11.4. The van der Waals surface area contributed by atoms with Crippen molar-refractivity contribution in [2.45, 2.75) is 6.61 Å². The van der Waals surface area contributed by atoms with Gasteiger partial charge in [0, 0.05) is 17.7 Å². The van der Waals surface area contributed by atoms with Crippen LogP contribution in [0.3, 0.4) is 0 Å². The molecule has 0 saturated carbocycles. The molecule has 188 valence electrons. The van der Waals surface area contributed by atoms with Crippen LogP contribution in [0.2, 0.25) is 0 Å². The van der Waals surface area contributed by atoms with Gasteiger partial charge in [0.25, 0.3) is 17.5 Å². The molecule has 0 bridgehead atoms. The van der Waals surface area contributed by atoms with Gasteiger partial charge in [-0.2, -0.15) is 0 Å². The molecule has 4 amide bonds. The number of imide groups is 2. The highest BCUT2D eigenvalue weighted by molar-refractivity contribution is 6.39. The van der Waals surface area contributed by atoms with Crippen LogP contribution in [0.1, 0.15) is 11.1 Å².